The summed E-state index contributed by atoms with van der Waals surface area (Å²) in [4.78, 5) is 23.0. The molecule has 21 heavy (non-hydrogen) atoms. The van der Waals surface area contributed by atoms with E-state index in [1.54, 1.807) is 12.3 Å². The smallest absolute Gasteiger partial charge is 0.257 e. The van der Waals surface area contributed by atoms with Gasteiger partial charge in [0, 0.05) is 24.8 Å². The molecule has 0 saturated carbocycles. The number of halogens is 2. The molecule has 5 nitrogen and oxygen atoms in total. The number of carbonyl (C=O) groups excluding carboxylic acids is 1. The molecule has 3 aromatic rings. The molecule has 0 radical (unpaired) electrons. The van der Waals surface area contributed by atoms with Crippen molar-refractivity contribution >= 4 is 38.6 Å². The molecule has 0 spiro atoms. The van der Waals surface area contributed by atoms with Crippen LogP contribution in [0.25, 0.3) is 11.0 Å². The first kappa shape index (κ1) is 13.7. The number of H-pyrrole nitrogens is 1. The van der Waals surface area contributed by atoms with E-state index in [2.05, 4.69) is 36.2 Å². The topological polar surface area (TPSA) is 70.7 Å². The molecule has 0 aliphatic carbocycles. The molecule has 0 bridgehead atoms. The Morgan fingerprint density at radius 3 is 2.95 bits per heavy atom. The summed E-state index contributed by atoms with van der Waals surface area (Å²) in [6, 6.07) is 1.71. The molecule has 106 valence electrons. The Morgan fingerprint density at radius 1 is 1.38 bits per heavy atom. The average molecular weight is 349 g/mol. The Labute approximate surface area is 127 Å². The van der Waals surface area contributed by atoms with Gasteiger partial charge in [0.15, 0.2) is 5.82 Å². The fraction of sp³-hybridized carbons (Fsp3) is 0.0714. The van der Waals surface area contributed by atoms with Gasteiger partial charge in [-0.1, -0.05) is 0 Å². The Bertz CT molecular complexity index is 846. The maximum Gasteiger partial charge on any atom is 0.257 e. The van der Waals surface area contributed by atoms with Gasteiger partial charge in [-0.3, -0.25) is 9.78 Å². The van der Waals surface area contributed by atoms with Gasteiger partial charge >= 0.3 is 0 Å². The number of amides is 1. The van der Waals surface area contributed by atoms with Crippen molar-refractivity contribution in [1.29, 1.82) is 0 Å². The predicted octanol–water partition coefficient (Wildman–Crippen LogP) is 3.42. The number of rotatable bonds is 2. The predicted molar refractivity (Wildman–Crippen MR) is 80.7 cm³/mol. The third kappa shape index (κ3) is 2.52. The van der Waals surface area contributed by atoms with Crippen LogP contribution in [-0.4, -0.2) is 20.9 Å². The molecule has 0 saturated heterocycles. The van der Waals surface area contributed by atoms with E-state index >= 15 is 0 Å². The lowest BCUT2D eigenvalue weighted by atomic mass is 10.2. The van der Waals surface area contributed by atoms with Crippen LogP contribution < -0.4 is 5.32 Å². The van der Waals surface area contributed by atoms with Gasteiger partial charge in [-0.2, -0.15) is 0 Å². The number of aromatic amines is 1. The molecular formula is C14H10BrFN4O. The van der Waals surface area contributed by atoms with Gasteiger partial charge in [0.05, 0.1) is 21.1 Å². The van der Waals surface area contributed by atoms with E-state index in [1.165, 1.54) is 18.6 Å². The van der Waals surface area contributed by atoms with Crippen LogP contribution in [-0.2, 0) is 0 Å². The van der Waals surface area contributed by atoms with Crippen molar-refractivity contribution in [3.8, 4) is 0 Å². The van der Waals surface area contributed by atoms with E-state index in [9.17, 15) is 9.18 Å². The first-order valence-electron chi connectivity index (χ1n) is 6.10. The highest BCUT2D eigenvalue weighted by atomic mass is 79.9. The van der Waals surface area contributed by atoms with Crippen molar-refractivity contribution in [1.82, 2.24) is 15.0 Å². The summed E-state index contributed by atoms with van der Waals surface area (Å²) in [5, 5.41) is 2.90. The van der Waals surface area contributed by atoms with E-state index in [0.29, 0.717) is 16.9 Å². The molecule has 3 heterocycles. The van der Waals surface area contributed by atoms with E-state index in [1.807, 2.05) is 6.92 Å². The molecule has 7 heteroatoms. The normalized spacial score (nSPS) is 10.8. The number of aromatic nitrogens is 3. The molecule has 2 N–H and O–H groups in total. The number of nitrogens with zero attached hydrogens (tertiary/aromatic N) is 2. The lowest BCUT2D eigenvalue weighted by Crippen LogP contribution is -2.12. The SMILES string of the molecule is Cc1cncc(C(=O)Nc2c[nH]c3ncc(Br)c(F)c23)c1. The highest BCUT2D eigenvalue weighted by Crippen LogP contribution is 2.29. The molecule has 0 atom stereocenters. The van der Waals surface area contributed by atoms with E-state index < -0.39 is 5.82 Å². The molecule has 1 amide bonds. The highest BCUT2D eigenvalue weighted by Gasteiger charge is 2.15. The fourth-order valence-electron chi connectivity index (χ4n) is 2.01. The van der Waals surface area contributed by atoms with Gasteiger partial charge in [-0.05, 0) is 34.5 Å². The summed E-state index contributed by atoms with van der Waals surface area (Å²) >= 11 is 3.08. The van der Waals surface area contributed by atoms with E-state index in [4.69, 9.17) is 0 Å². The Balaban J connectivity index is 1.99. The largest absolute Gasteiger partial charge is 0.344 e. The number of pyridine rings is 2. The van der Waals surface area contributed by atoms with Crippen LogP contribution in [0.15, 0.2) is 35.3 Å². The number of nitrogens with one attached hydrogen (secondary N) is 2. The molecular weight excluding hydrogens is 339 g/mol. The standard InChI is InChI=1S/C14H10BrFN4O/c1-7-2-8(4-17-3-7)14(21)20-10-6-19-13-11(10)12(16)9(15)5-18-13/h2-6H,1H3,(H,18,19)(H,20,21). The monoisotopic (exact) mass is 348 g/mol. The molecule has 0 unspecified atom stereocenters. The van der Waals surface area contributed by atoms with Gasteiger partial charge in [0.25, 0.3) is 5.91 Å². The summed E-state index contributed by atoms with van der Waals surface area (Å²) in [5.74, 6) is -0.828. The number of fused-ring (bicyclic) bond motifs is 1. The number of aryl methyl sites for hydroxylation is 1. The third-order valence-electron chi connectivity index (χ3n) is 2.98. The minimum absolute atomic E-state index is 0.235. The van der Waals surface area contributed by atoms with Crippen molar-refractivity contribution in [2.24, 2.45) is 0 Å². The molecule has 3 aromatic heterocycles. The van der Waals surface area contributed by atoms with Crippen LogP contribution >= 0.6 is 15.9 Å². The van der Waals surface area contributed by atoms with Gasteiger partial charge in [0.1, 0.15) is 5.65 Å². The quantitative estimate of drug-likeness (QED) is 0.745. The van der Waals surface area contributed by atoms with Crippen molar-refractivity contribution in [3.63, 3.8) is 0 Å². The fourth-order valence-corrected chi connectivity index (χ4v) is 2.31. The van der Waals surface area contributed by atoms with Crippen molar-refractivity contribution in [2.45, 2.75) is 6.92 Å². The van der Waals surface area contributed by atoms with Gasteiger partial charge in [0.2, 0.25) is 0 Å². The molecule has 0 aliphatic heterocycles. The first-order chi connectivity index (χ1) is 10.1. The van der Waals surface area contributed by atoms with Gasteiger partial charge in [-0.15, -0.1) is 0 Å². The second-order valence-corrected chi connectivity index (χ2v) is 5.41. The summed E-state index contributed by atoms with van der Waals surface area (Å²) in [6.07, 6.45) is 5.99. The maximum atomic E-state index is 14.1. The van der Waals surface area contributed by atoms with Crippen LogP contribution in [0.3, 0.4) is 0 Å². The highest BCUT2D eigenvalue weighted by molar-refractivity contribution is 9.10. The molecule has 0 fully saturated rings. The first-order valence-corrected chi connectivity index (χ1v) is 6.89. The second-order valence-electron chi connectivity index (χ2n) is 4.55. The number of carbonyl (C=O) groups is 1. The van der Waals surface area contributed by atoms with Crippen molar-refractivity contribution in [2.75, 3.05) is 5.32 Å². The van der Waals surface area contributed by atoms with Crippen molar-refractivity contribution in [3.05, 3.63) is 52.3 Å². The summed E-state index contributed by atoms with van der Waals surface area (Å²) in [7, 11) is 0. The molecule has 0 aliphatic rings. The number of hydrogen-bond acceptors (Lipinski definition) is 3. The third-order valence-corrected chi connectivity index (χ3v) is 3.53. The van der Waals surface area contributed by atoms with E-state index in [-0.39, 0.29) is 15.8 Å². The van der Waals surface area contributed by atoms with Crippen LogP contribution in [0.1, 0.15) is 15.9 Å². The number of hydrogen-bond donors (Lipinski definition) is 2. The Kier molecular flexibility index (Phi) is 3.42. The van der Waals surface area contributed by atoms with Crippen LogP contribution in [0.2, 0.25) is 0 Å². The minimum Gasteiger partial charge on any atom is -0.344 e. The molecule has 0 aromatic carbocycles. The maximum absolute atomic E-state index is 14.1. The van der Waals surface area contributed by atoms with Crippen LogP contribution in [0.5, 0.6) is 0 Å². The molecule has 3 rings (SSSR count). The zero-order valence-corrected chi connectivity index (χ0v) is 12.5. The Morgan fingerprint density at radius 2 is 2.19 bits per heavy atom. The zero-order chi connectivity index (χ0) is 15.0. The van der Waals surface area contributed by atoms with Gasteiger partial charge < -0.3 is 10.3 Å². The summed E-state index contributed by atoms with van der Waals surface area (Å²) in [6.45, 7) is 1.84. The average Bonchev–Trinajstić information content (AvgIpc) is 2.86. The van der Waals surface area contributed by atoms with Gasteiger partial charge in [-0.25, -0.2) is 9.37 Å². The minimum atomic E-state index is -0.473. The summed E-state index contributed by atoms with van der Waals surface area (Å²) in [5.41, 5.74) is 1.99. The van der Waals surface area contributed by atoms with Crippen LogP contribution in [0, 0.1) is 12.7 Å². The lowest BCUT2D eigenvalue weighted by Gasteiger charge is -2.05. The van der Waals surface area contributed by atoms with Crippen molar-refractivity contribution < 1.29 is 9.18 Å². The summed E-state index contributed by atoms with van der Waals surface area (Å²) < 4.78 is 14.4. The van der Waals surface area contributed by atoms with Crippen LogP contribution in [0.4, 0.5) is 10.1 Å². The zero-order valence-electron chi connectivity index (χ0n) is 10.9. The number of anilines is 1. The lowest BCUT2D eigenvalue weighted by molar-refractivity contribution is 0.102. The van der Waals surface area contributed by atoms with E-state index in [0.717, 1.165) is 5.56 Å². The second kappa shape index (κ2) is 5.25. The Hall–Kier alpha value is -2.28.